The molecule has 2 heteroatoms. The first-order chi connectivity index (χ1) is 23.7. The number of para-hydroxylation sites is 3. The van der Waals surface area contributed by atoms with E-state index in [-0.39, 0.29) is 0 Å². The van der Waals surface area contributed by atoms with Gasteiger partial charge in [0.05, 0.1) is 28.4 Å². The van der Waals surface area contributed by atoms with Crippen LogP contribution in [0.15, 0.2) is 170 Å². The third-order valence-corrected chi connectivity index (χ3v) is 9.62. The zero-order valence-corrected chi connectivity index (χ0v) is 26.3. The van der Waals surface area contributed by atoms with Gasteiger partial charge in [0.25, 0.3) is 0 Å². The fourth-order valence-electron chi connectivity index (χ4n) is 7.45. The standard InChI is InChI=1S/C46H30N2/c47-30-31-21-23-33(24-22-31)35-25-32(26-36-28-34-11-1-2-12-38(34)41-15-4-3-13-39(36)41)27-37(29-35)40-14-5-8-18-44(40)48-45-19-9-6-16-42(45)43-17-7-10-20-46(43)48/h1-25,27-29H,26H2. The summed E-state index contributed by atoms with van der Waals surface area (Å²) >= 11 is 0. The normalized spacial score (nSPS) is 11.4. The molecule has 0 aliphatic heterocycles. The lowest BCUT2D eigenvalue weighted by Gasteiger charge is -2.17. The number of nitrogens with zero attached hydrogens (tertiary/aromatic N) is 2. The van der Waals surface area contributed by atoms with Crippen molar-refractivity contribution in [1.29, 1.82) is 5.26 Å². The van der Waals surface area contributed by atoms with Gasteiger partial charge >= 0.3 is 0 Å². The molecule has 0 amide bonds. The first-order valence-electron chi connectivity index (χ1n) is 16.4. The first kappa shape index (κ1) is 27.8. The molecule has 224 valence electrons. The average Bonchev–Trinajstić information content (AvgIpc) is 3.49. The summed E-state index contributed by atoms with van der Waals surface area (Å²) in [6, 6.07) is 63.1. The van der Waals surface area contributed by atoms with E-state index in [2.05, 4.69) is 168 Å². The Morgan fingerprint density at radius 2 is 1.04 bits per heavy atom. The molecule has 1 heterocycles. The van der Waals surface area contributed by atoms with Crippen molar-refractivity contribution in [1.82, 2.24) is 4.57 Å². The molecule has 0 radical (unpaired) electrons. The van der Waals surface area contributed by atoms with E-state index in [9.17, 15) is 5.26 Å². The Kier molecular flexibility index (Phi) is 6.63. The van der Waals surface area contributed by atoms with Crippen molar-refractivity contribution in [3.05, 3.63) is 187 Å². The highest BCUT2D eigenvalue weighted by Crippen LogP contribution is 2.38. The Bertz CT molecular complexity index is 2650. The summed E-state index contributed by atoms with van der Waals surface area (Å²) in [5, 5.41) is 17.1. The predicted molar refractivity (Wildman–Crippen MR) is 201 cm³/mol. The van der Waals surface area contributed by atoms with Gasteiger partial charge in [-0.15, -0.1) is 0 Å². The third-order valence-electron chi connectivity index (χ3n) is 9.62. The molecular formula is C46H30N2. The lowest BCUT2D eigenvalue weighted by Crippen LogP contribution is -1.98. The van der Waals surface area contributed by atoms with Gasteiger partial charge < -0.3 is 4.57 Å². The highest BCUT2D eigenvalue weighted by molar-refractivity contribution is 6.10. The Hall–Kier alpha value is -6.43. The van der Waals surface area contributed by atoms with E-state index in [4.69, 9.17) is 0 Å². The molecule has 0 unspecified atom stereocenters. The SMILES string of the molecule is N#Cc1ccc(-c2cc(Cc3cc4ccccc4c4ccccc34)cc(-c3ccccc3-n3c4ccccc4c4ccccc43)c2)cc1. The van der Waals surface area contributed by atoms with Crippen LogP contribution >= 0.6 is 0 Å². The number of benzene rings is 8. The van der Waals surface area contributed by atoms with Crippen molar-refractivity contribution < 1.29 is 0 Å². The lowest BCUT2D eigenvalue weighted by molar-refractivity contribution is 1.18. The van der Waals surface area contributed by atoms with E-state index in [0.29, 0.717) is 5.56 Å². The second-order valence-corrected chi connectivity index (χ2v) is 12.5. The second-order valence-electron chi connectivity index (χ2n) is 12.5. The summed E-state index contributed by atoms with van der Waals surface area (Å²) in [7, 11) is 0. The number of hydrogen-bond acceptors (Lipinski definition) is 1. The molecule has 0 aliphatic carbocycles. The van der Waals surface area contributed by atoms with Crippen LogP contribution in [0.5, 0.6) is 0 Å². The first-order valence-corrected chi connectivity index (χ1v) is 16.4. The fourth-order valence-corrected chi connectivity index (χ4v) is 7.45. The number of rotatable bonds is 5. The minimum Gasteiger partial charge on any atom is -0.309 e. The van der Waals surface area contributed by atoms with Gasteiger partial charge in [-0.25, -0.2) is 0 Å². The molecule has 9 aromatic rings. The Labute approximate surface area is 279 Å². The molecule has 0 aliphatic rings. The van der Waals surface area contributed by atoms with E-state index in [1.807, 2.05) is 12.1 Å². The molecule has 0 saturated carbocycles. The van der Waals surface area contributed by atoms with E-state index >= 15 is 0 Å². The van der Waals surface area contributed by atoms with Crippen LogP contribution in [0, 0.1) is 11.3 Å². The van der Waals surface area contributed by atoms with Crippen LogP contribution in [0.2, 0.25) is 0 Å². The van der Waals surface area contributed by atoms with Crippen molar-refractivity contribution in [3.63, 3.8) is 0 Å². The van der Waals surface area contributed by atoms with Gasteiger partial charge in [-0.1, -0.05) is 133 Å². The van der Waals surface area contributed by atoms with Crippen LogP contribution < -0.4 is 0 Å². The molecule has 8 aromatic carbocycles. The summed E-state index contributed by atoms with van der Waals surface area (Å²) in [6.45, 7) is 0. The fraction of sp³-hybridized carbons (Fsp3) is 0.0217. The molecular weight excluding hydrogens is 581 g/mol. The Morgan fingerprint density at radius 3 is 1.77 bits per heavy atom. The van der Waals surface area contributed by atoms with Crippen molar-refractivity contribution in [2.75, 3.05) is 0 Å². The number of nitriles is 1. The molecule has 9 rings (SSSR count). The van der Waals surface area contributed by atoms with Gasteiger partial charge in [-0.3, -0.25) is 0 Å². The molecule has 0 fully saturated rings. The van der Waals surface area contributed by atoms with Gasteiger partial charge in [0.1, 0.15) is 0 Å². The van der Waals surface area contributed by atoms with Crippen molar-refractivity contribution in [2.24, 2.45) is 0 Å². The van der Waals surface area contributed by atoms with Gasteiger partial charge in [-0.2, -0.15) is 5.26 Å². The second kappa shape index (κ2) is 11.4. The molecule has 2 nitrogen and oxygen atoms in total. The van der Waals surface area contributed by atoms with Crippen molar-refractivity contribution >= 4 is 43.4 Å². The molecule has 1 aromatic heterocycles. The highest BCUT2D eigenvalue weighted by Gasteiger charge is 2.17. The zero-order chi connectivity index (χ0) is 32.0. The maximum absolute atomic E-state index is 9.48. The Morgan fingerprint density at radius 1 is 0.458 bits per heavy atom. The van der Waals surface area contributed by atoms with Crippen LogP contribution in [0.1, 0.15) is 16.7 Å². The molecule has 48 heavy (non-hydrogen) atoms. The summed E-state index contributed by atoms with van der Waals surface area (Å²) in [4.78, 5) is 0. The maximum Gasteiger partial charge on any atom is 0.0991 e. The number of aromatic nitrogens is 1. The summed E-state index contributed by atoms with van der Waals surface area (Å²) < 4.78 is 2.41. The van der Waals surface area contributed by atoms with E-state index in [1.165, 1.54) is 60.0 Å². The summed E-state index contributed by atoms with van der Waals surface area (Å²) in [5.41, 5.74) is 11.3. The van der Waals surface area contributed by atoms with Crippen molar-refractivity contribution in [2.45, 2.75) is 6.42 Å². The largest absolute Gasteiger partial charge is 0.309 e. The minimum atomic E-state index is 0.662. The number of fused-ring (bicyclic) bond motifs is 6. The zero-order valence-electron chi connectivity index (χ0n) is 26.3. The average molecular weight is 611 g/mol. The van der Waals surface area contributed by atoms with E-state index in [1.54, 1.807) is 0 Å². The summed E-state index contributed by atoms with van der Waals surface area (Å²) in [5.74, 6) is 0. The van der Waals surface area contributed by atoms with Crippen LogP contribution in [0.3, 0.4) is 0 Å². The highest BCUT2D eigenvalue weighted by atomic mass is 15.0. The van der Waals surface area contributed by atoms with Crippen LogP contribution in [0.4, 0.5) is 0 Å². The van der Waals surface area contributed by atoms with Gasteiger partial charge in [0.15, 0.2) is 0 Å². The van der Waals surface area contributed by atoms with Crippen LogP contribution in [0.25, 0.3) is 71.3 Å². The van der Waals surface area contributed by atoms with Gasteiger partial charge in [-0.05, 0) is 92.2 Å². The molecule has 0 saturated heterocycles. The molecule has 0 spiro atoms. The topological polar surface area (TPSA) is 28.7 Å². The third kappa shape index (κ3) is 4.65. The summed E-state index contributed by atoms with van der Waals surface area (Å²) in [6.07, 6.45) is 0.792. The van der Waals surface area contributed by atoms with E-state index < -0.39 is 0 Å². The Balaban J connectivity index is 1.27. The van der Waals surface area contributed by atoms with Crippen molar-refractivity contribution in [3.8, 4) is 34.0 Å². The predicted octanol–water partition coefficient (Wildman–Crippen LogP) is 11.9. The maximum atomic E-state index is 9.48. The van der Waals surface area contributed by atoms with Crippen LogP contribution in [-0.4, -0.2) is 4.57 Å². The molecule has 0 bridgehead atoms. The molecule has 0 N–H and O–H groups in total. The van der Waals surface area contributed by atoms with Gasteiger partial charge in [0, 0.05) is 16.3 Å². The van der Waals surface area contributed by atoms with Gasteiger partial charge in [0.2, 0.25) is 0 Å². The smallest absolute Gasteiger partial charge is 0.0991 e. The monoisotopic (exact) mass is 610 g/mol. The van der Waals surface area contributed by atoms with Crippen LogP contribution in [-0.2, 0) is 6.42 Å². The minimum absolute atomic E-state index is 0.662. The lowest BCUT2D eigenvalue weighted by atomic mass is 9.90. The number of hydrogen-bond donors (Lipinski definition) is 0. The van der Waals surface area contributed by atoms with E-state index in [0.717, 1.165) is 28.8 Å². The molecule has 0 atom stereocenters. The quantitative estimate of drug-likeness (QED) is 0.178.